The normalized spacial score (nSPS) is 16.1. The van der Waals surface area contributed by atoms with E-state index in [0.717, 1.165) is 49.8 Å². The second-order valence-corrected chi connectivity index (χ2v) is 5.60. The first-order valence-corrected chi connectivity index (χ1v) is 7.39. The Morgan fingerprint density at radius 1 is 1.14 bits per heavy atom. The van der Waals surface area contributed by atoms with Gasteiger partial charge in [0.15, 0.2) is 12.0 Å². The zero-order chi connectivity index (χ0) is 14.7. The zero-order valence-corrected chi connectivity index (χ0v) is 12.4. The van der Waals surface area contributed by atoms with Gasteiger partial charge in [-0.1, -0.05) is 17.7 Å². The summed E-state index contributed by atoms with van der Waals surface area (Å²) in [5, 5.41) is 0.770. The maximum Gasteiger partial charge on any atom is 0.185 e. The van der Waals surface area contributed by atoms with Crippen molar-refractivity contribution in [2.75, 3.05) is 31.1 Å². The molecule has 0 bridgehead atoms. The summed E-state index contributed by atoms with van der Waals surface area (Å²) >= 11 is 6.04. The van der Waals surface area contributed by atoms with Gasteiger partial charge in [-0.15, -0.1) is 0 Å². The van der Waals surface area contributed by atoms with Crippen molar-refractivity contribution < 1.29 is 9.21 Å². The maximum atomic E-state index is 10.6. The van der Waals surface area contributed by atoms with Gasteiger partial charge in [0.1, 0.15) is 5.76 Å². The Morgan fingerprint density at radius 2 is 1.95 bits per heavy atom. The average Bonchev–Trinajstić information content (AvgIpc) is 2.96. The average molecular weight is 305 g/mol. The van der Waals surface area contributed by atoms with Gasteiger partial charge in [-0.05, 0) is 30.3 Å². The summed E-state index contributed by atoms with van der Waals surface area (Å²) < 4.78 is 5.42. The molecule has 110 valence electrons. The van der Waals surface area contributed by atoms with Crippen LogP contribution in [0.3, 0.4) is 0 Å². The first kappa shape index (κ1) is 14.2. The molecule has 1 aliphatic rings. The number of hydrogen-bond acceptors (Lipinski definition) is 4. The van der Waals surface area contributed by atoms with Crippen LogP contribution in [-0.4, -0.2) is 37.4 Å². The topological polar surface area (TPSA) is 36.7 Å². The lowest BCUT2D eigenvalue weighted by Crippen LogP contribution is -2.45. The molecule has 1 aromatic heterocycles. The Hall–Kier alpha value is -1.78. The molecular formula is C16H17ClN2O2. The van der Waals surface area contributed by atoms with Crippen molar-refractivity contribution in [2.24, 2.45) is 0 Å². The Morgan fingerprint density at radius 3 is 2.62 bits per heavy atom. The molecule has 0 spiro atoms. The number of piperazine rings is 1. The number of nitrogens with zero attached hydrogens (tertiary/aromatic N) is 2. The van der Waals surface area contributed by atoms with E-state index in [1.54, 1.807) is 6.07 Å². The fraction of sp³-hybridized carbons (Fsp3) is 0.312. The molecule has 2 heterocycles. The molecule has 2 aromatic rings. The van der Waals surface area contributed by atoms with Gasteiger partial charge in [0.25, 0.3) is 0 Å². The predicted octanol–water partition coefficient (Wildman–Crippen LogP) is 3.07. The molecule has 4 nitrogen and oxygen atoms in total. The van der Waals surface area contributed by atoms with Crippen LogP contribution in [0.5, 0.6) is 0 Å². The molecule has 1 aromatic carbocycles. The molecule has 0 saturated carbocycles. The predicted molar refractivity (Wildman–Crippen MR) is 83.0 cm³/mol. The van der Waals surface area contributed by atoms with Gasteiger partial charge in [0, 0.05) is 36.9 Å². The maximum absolute atomic E-state index is 10.6. The highest BCUT2D eigenvalue weighted by Gasteiger charge is 2.18. The van der Waals surface area contributed by atoms with E-state index < -0.39 is 0 Å². The number of benzene rings is 1. The number of furan rings is 1. The summed E-state index contributed by atoms with van der Waals surface area (Å²) in [5.41, 5.74) is 1.17. The first-order chi connectivity index (χ1) is 10.2. The van der Waals surface area contributed by atoms with Crippen LogP contribution in [0.2, 0.25) is 5.02 Å². The van der Waals surface area contributed by atoms with Crippen LogP contribution < -0.4 is 4.90 Å². The summed E-state index contributed by atoms with van der Waals surface area (Å²) in [7, 11) is 0. The van der Waals surface area contributed by atoms with E-state index in [4.69, 9.17) is 16.0 Å². The zero-order valence-electron chi connectivity index (χ0n) is 11.7. The Kier molecular flexibility index (Phi) is 4.27. The van der Waals surface area contributed by atoms with Gasteiger partial charge in [-0.2, -0.15) is 0 Å². The second kappa shape index (κ2) is 6.33. The molecule has 1 saturated heterocycles. The summed E-state index contributed by atoms with van der Waals surface area (Å²) in [6, 6.07) is 11.5. The van der Waals surface area contributed by atoms with Crippen LogP contribution in [-0.2, 0) is 6.54 Å². The molecule has 0 aliphatic carbocycles. The van der Waals surface area contributed by atoms with Crippen LogP contribution >= 0.6 is 11.6 Å². The van der Waals surface area contributed by atoms with Gasteiger partial charge in [0.2, 0.25) is 0 Å². The minimum absolute atomic E-state index is 0.391. The van der Waals surface area contributed by atoms with Crippen molar-refractivity contribution in [1.82, 2.24) is 4.90 Å². The van der Waals surface area contributed by atoms with Crippen LogP contribution in [0.4, 0.5) is 5.69 Å². The standard InChI is InChI=1S/C16H17ClN2O2/c17-13-2-1-3-14(10-13)19-8-6-18(7-9-19)11-15-4-5-16(12-20)21-15/h1-5,10,12H,6-9,11H2. The Labute approximate surface area is 128 Å². The lowest BCUT2D eigenvalue weighted by molar-refractivity contribution is 0.109. The number of halogens is 1. The lowest BCUT2D eigenvalue weighted by atomic mass is 10.2. The fourth-order valence-corrected chi connectivity index (χ4v) is 2.78. The third-order valence-electron chi connectivity index (χ3n) is 3.72. The molecule has 5 heteroatoms. The Balaban J connectivity index is 1.56. The van der Waals surface area contributed by atoms with E-state index in [1.807, 2.05) is 24.3 Å². The van der Waals surface area contributed by atoms with Crippen LogP contribution in [0.25, 0.3) is 0 Å². The van der Waals surface area contributed by atoms with Gasteiger partial charge >= 0.3 is 0 Å². The van der Waals surface area contributed by atoms with Crippen LogP contribution in [0, 0.1) is 0 Å². The van der Waals surface area contributed by atoms with Crippen molar-refractivity contribution in [3.05, 3.63) is 52.9 Å². The summed E-state index contributed by atoms with van der Waals surface area (Å²) in [6.07, 6.45) is 0.737. The molecule has 1 fully saturated rings. The highest BCUT2D eigenvalue weighted by atomic mass is 35.5. The van der Waals surface area contributed by atoms with E-state index in [9.17, 15) is 4.79 Å². The minimum Gasteiger partial charge on any atom is -0.457 e. The van der Waals surface area contributed by atoms with E-state index >= 15 is 0 Å². The van der Waals surface area contributed by atoms with E-state index in [-0.39, 0.29) is 0 Å². The summed E-state index contributed by atoms with van der Waals surface area (Å²) in [5.74, 6) is 1.23. The fourth-order valence-electron chi connectivity index (χ4n) is 2.60. The smallest absolute Gasteiger partial charge is 0.185 e. The minimum atomic E-state index is 0.391. The van der Waals surface area contributed by atoms with E-state index in [1.165, 1.54) is 5.69 Å². The monoisotopic (exact) mass is 304 g/mol. The molecule has 0 radical (unpaired) electrons. The summed E-state index contributed by atoms with van der Waals surface area (Å²) in [4.78, 5) is 15.3. The quantitative estimate of drug-likeness (QED) is 0.814. The lowest BCUT2D eigenvalue weighted by Gasteiger charge is -2.35. The van der Waals surface area contributed by atoms with E-state index in [0.29, 0.717) is 5.76 Å². The molecular weight excluding hydrogens is 288 g/mol. The van der Waals surface area contributed by atoms with Crippen molar-refractivity contribution >= 4 is 23.6 Å². The van der Waals surface area contributed by atoms with Crippen molar-refractivity contribution in [1.29, 1.82) is 0 Å². The third kappa shape index (κ3) is 3.46. The largest absolute Gasteiger partial charge is 0.457 e. The molecule has 0 N–H and O–H groups in total. The highest BCUT2D eigenvalue weighted by Crippen LogP contribution is 2.21. The SMILES string of the molecule is O=Cc1ccc(CN2CCN(c3cccc(Cl)c3)CC2)o1. The van der Waals surface area contributed by atoms with Crippen LogP contribution in [0.15, 0.2) is 40.8 Å². The van der Waals surface area contributed by atoms with Crippen molar-refractivity contribution in [3.63, 3.8) is 0 Å². The van der Waals surface area contributed by atoms with E-state index in [2.05, 4.69) is 15.9 Å². The number of rotatable bonds is 4. The van der Waals surface area contributed by atoms with Gasteiger partial charge in [-0.3, -0.25) is 9.69 Å². The van der Waals surface area contributed by atoms with Gasteiger partial charge in [0.05, 0.1) is 6.54 Å². The Bertz CT molecular complexity index is 618. The highest BCUT2D eigenvalue weighted by molar-refractivity contribution is 6.30. The molecule has 1 aliphatic heterocycles. The van der Waals surface area contributed by atoms with Gasteiger partial charge in [-0.25, -0.2) is 0 Å². The number of hydrogen-bond donors (Lipinski definition) is 0. The molecule has 3 rings (SSSR count). The molecule has 0 unspecified atom stereocenters. The first-order valence-electron chi connectivity index (χ1n) is 7.01. The second-order valence-electron chi connectivity index (χ2n) is 5.16. The van der Waals surface area contributed by atoms with Gasteiger partial charge < -0.3 is 9.32 Å². The van der Waals surface area contributed by atoms with Crippen LogP contribution in [0.1, 0.15) is 16.3 Å². The third-order valence-corrected chi connectivity index (χ3v) is 3.96. The van der Waals surface area contributed by atoms with Crippen molar-refractivity contribution in [3.8, 4) is 0 Å². The number of carbonyl (C=O) groups excluding carboxylic acids is 1. The molecule has 0 amide bonds. The molecule has 0 atom stereocenters. The number of anilines is 1. The summed E-state index contributed by atoms with van der Waals surface area (Å²) in [6.45, 7) is 4.59. The number of carbonyl (C=O) groups is 1. The van der Waals surface area contributed by atoms with Crippen molar-refractivity contribution in [2.45, 2.75) is 6.54 Å². The molecule has 21 heavy (non-hydrogen) atoms. The number of aldehydes is 1.